The maximum Gasteiger partial charge on any atom is 0.250 e. The smallest absolute Gasteiger partial charge is 0.250 e. The number of carbonyl (C=O) groups is 1. The molecule has 192 valence electrons. The van der Waals surface area contributed by atoms with E-state index in [-0.39, 0.29) is 17.6 Å². The number of nitrogens with one attached hydrogen (secondary N) is 1. The van der Waals surface area contributed by atoms with Gasteiger partial charge in [0.05, 0.1) is 22.2 Å². The molecule has 0 aliphatic carbocycles. The second-order valence-electron chi connectivity index (χ2n) is 9.16. The third kappa shape index (κ3) is 5.50. The molecular weight excluding hydrogens is 523 g/mol. The van der Waals surface area contributed by atoms with E-state index < -0.39 is 0 Å². The average molecular weight is 548 g/mol. The number of rotatable bonds is 7. The van der Waals surface area contributed by atoms with Crippen LogP contribution in [0.25, 0.3) is 16.0 Å². The summed E-state index contributed by atoms with van der Waals surface area (Å²) in [7, 11) is 0. The molecule has 0 spiro atoms. The molecule has 0 bridgehead atoms. The minimum absolute atomic E-state index is 0.108. The lowest BCUT2D eigenvalue weighted by molar-refractivity contribution is -0.118. The normalized spacial score (nSPS) is 14.8. The Morgan fingerprint density at radius 2 is 1.72 bits per heavy atom. The van der Waals surface area contributed by atoms with Crippen molar-refractivity contribution in [2.75, 3.05) is 5.75 Å². The van der Waals surface area contributed by atoms with Gasteiger partial charge in [0.25, 0.3) is 5.91 Å². The number of benzene rings is 4. The third-order valence-corrected chi connectivity index (χ3v) is 8.64. The van der Waals surface area contributed by atoms with E-state index in [1.165, 1.54) is 17.3 Å². The molecule has 4 aromatic carbocycles. The number of fused-ring (bicyclic) bond motifs is 2. The average Bonchev–Trinajstić information content (AvgIpc) is 3.40. The largest absolute Gasteiger partial charge is 0.456 e. The second-order valence-corrected chi connectivity index (χ2v) is 11.4. The summed E-state index contributed by atoms with van der Waals surface area (Å²) in [4.78, 5) is 17.3. The predicted octanol–water partition coefficient (Wildman–Crippen LogP) is 7.43. The van der Waals surface area contributed by atoms with Crippen molar-refractivity contribution in [2.24, 2.45) is 5.10 Å². The maximum absolute atomic E-state index is 12.7. The van der Waals surface area contributed by atoms with E-state index in [1.807, 2.05) is 72.8 Å². The highest BCUT2D eigenvalue weighted by molar-refractivity contribution is 8.01. The van der Waals surface area contributed by atoms with Gasteiger partial charge in [-0.15, -0.1) is 11.3 Å². The SMILES string of the molecule is Cc1ccc(C2C(/C=N\NC(=O)CSc3nc4ccccc4s3)=C(c3ccccc3)Oc3ccccc32)cc1. The van der Waals surface area contributed by atoms with Gasteiger partial charge in [0.1, 0.15) is 11.5 Å². The predicted molar refractivity (Wildman–Crippen MR) is 160 cm³/mol. The first-order valence-electron chi connectivity index (χ1n) is 12.6. The Morgan fingerprint density at radius 3 is 2.54 bits per heavy atom. The van der Waals surface area contributed by atoms with Gasteiger partial charge in [0, 0.05) is 22.6 Å². The first kappa shape index (κ1) is 25.1. The van der Waals surface area contributed by atoms with Gasteiger partial charge in [-0.3, -0.25) is 4.79 Å². The highest BCUT2D eigenvalue weighted by Gasteiger charge is 2.30. The lowest BCUT2D eigenvalue weighted by Crippen LogP contribution is -2.22. The van der Waals surface area contributed by atoms with Crippen molar-refractivity contribution in [1.29, 1.82) is 0 Å². The van der Waals surface area contributed by atoms with Crippen LogP contribution < -0.4 is 10.2 Å². The van der Waals surface area contributed by atoms with Crippen molar-refractivity contribution in [1.82, 2.24) is 10.4 Å². The molecule has 0 radical (unpaired) electrons. The quantitative estimate of drug-likeness (QED) is 0.131. The van der Waals surface area contributed by atoms with E-state index in [0.717, 1.165) is 48.3 Å². The molecule has 1 aromatic heterocycles. The highest BCUT2D eigenvalue weighted by Crippen LogP contribution is 2.45. The number of thioether (sulfide) groups is 1. The van der Waals surface area contributed by atoms with Crippen molar-refractivity contribution in [3.63, 3.8) is 0 Å². The number of amides is 1. The van der Waals surface area contributed by atoms with Crippen LogP contribution in [0, 0.1) is 6.92 Å². The number of para-hydroxylation sites is 2. The standard InChI is InChI=1S/C32H25N3O2S2/c1-21-15-17-22(18-16-21)30-24-11-5-7-13-27(24)37-31(23-9-3-2-4-10-23)25(30)19-33-35-29(36)20-38-32-34-26-12-6-8-14-28(26)39-32/h2-19,30H,20H2,1H3,(H,35,36)/b33-19-. The van der Waals surface area contributed by atoms with Gasteiger partial charge in [0.2, 0.25) is 0 Å². The lowest BCUT2D eigenvalue weighted by atomic mass is 9.81. The van der Waals surface area contributed by atoms with Crippen LogP contribution in [0.5, 0.6) is 5.75 Å². The molecule has 0 fully saturated rings. The molecule has 39 heavy (non-hydrogen) atoms. The minimum Gasteiger partial charge on any atom is -0.456 e. The van der Waals surface area contributed by atoms with Crippen LogP contribution in [0.15, 0.2) is 118 Å². The number of allylic oxidation sites excluding steroid dienone is 1. The van der Waals surface area contributed by atoms with Crippen LogP contribution in [-0.2, 0) is 4.79 Å². The molecule has 0 saturated carbocycles. The van der Waals surface area contributed by atoms with Crippen LogP contribution in [0.4, 0.5) is 0 Å². The number of hydrogen-bond donors (Lipinski definition) is 1. The van der Waals surface area contributed by atoms with E-state index in [9.17, 15) is 4.79 Å². The molecule has 6 rings (SSSR count). The summed E-state index contributed by atoms with van der Waals surface area (Å²) >= 11 is 3.00. The first-order chi connectivity index (χ1) is 19.2. The summed E-state index contributed by atoms with van der Waals surface area (Å²) in [6.07, 6.45) is 1.73. The molecule has 0 saturated heterocycles. The van der Waals surface area contributed by atoms with E-state index in [4.69, 9.17) is 4.74 Å². The van der Waals surface area contributed by atoms with Crippen LogP contribution in [-0.4, -0.2) is 22.9 Å². The Balaban J connectivity index is 1.29. The summed E-state index contributed by atoms with van der Waals surface area (Å²) in [5.74, 6) is 1.46. The van der Waals surface area contributed by atoms with Crippen LogP contribution in [0.2, 0.25) is 0 Å². The molecule has 1 unspecified atom stereocenters. The fraction of sp³-hybridized carbons (Fsp3) is 0.0938. The summed E-state index contributed by atoms with van der Waals surface area (Å²) in [6.45, 7) is 2.08. The lowest BCUT2D eigenvalue weighted by Gasteiger charge is -2.30. The molecule has 1 aliphatic heterocycles. The van der Waals surface area contributed by atoms with E-state index in [0.29, 0.717) is 0 Å². The van der Waals surface area contributed by atoms with Gasteiger partial charge in [-0.25, -0.2) is 10.4 Å². The van der Waals surface area contributed by atoms with Crippen LogP contribution >= 0.6 is 23.1 Å². The zero-order valence-electron chi connectivity index (χ0n) is 21.2. The highest BCUT2D eigenvalue weighted by atomic mass is 32.2. The van der Waals surface area contributed by atoms with Gasteiger partial charge in [-0.05, 0) is 30.7 Å². The first-order valence-corrected chi connectivity index (χ1v) is 14.4. The molecule has 7 heteroatoms. The zero-order valence-corrected chi connectivity index (χ0v) is 22.8. The molecule has 1 amide bonds. The van der Waals surface area contributed by atoms with Gasteiger partial charge < -0.3 is 4.74 Å². The maximum atomic E-state index is 12.7. The topological polar surface area (TPSA) is 63.6 Å². The van der Waals surface area contributed by atoms with E-state index in [1.54, 1.807) is 17.6 Å². The van der Waals surface area contributed by atoms with Gasteiger partial charge in [-0.1, -0.05) is 102 Å². The molecule has 1 atom stereocenters. The molecular formula is C32H25N3O2S2. The Labute approximate surface area is 235 Å². The summed E-state index contributed by atoms with van der Waals surface area (Å²) in [6, 6.07) is 34.6. The number of thiazole rings is 1. The third-order valence-electron chi connectivity index (χ3n) is 6.46. The zero-order chi connectivity index (χ0) is 26.6. The van der Waals surface area contributed by atoms with Crippen LogP contribution in [0.1, 0.15) is 28.2 Å². The summed E-state index contributed by atoms with van der Waals surface area (Å²) in [5, 5.41) is 4.40. The fourth-order valence-electron chi connectivity index (χ4n) is 4.59. The van der Waals surface area contributed by atoms with Gasteiger partial charge >= 0.3 is 0 Å². The monoisotopic (exact) mass is 547 g/mol. The Morgan fingerprint density at radius 1 is 0.974 bits per heavy atom. The van der Waals surface area contributed by atoms with Crippen molar-refractivity contribution in [3.8, 4) is 5.75 Å². The van der Waals surface area contributed by atoms with Crippen LogP contribution in [0.3, 0.4) is 0 Å². The Bertz CT molecular complexity index is 1660. The molecule has 5 nitrogen and oxygen atoms in total. The summed E-state index contributed by atoms with van der Waals surface area (Å²) in [5.41, 5.74) is 8.86. The fourth-order valence-corrected chi connectivity index (χ4v) is 6.45. The Hall–Kier alpha value is -4.20. The van der Waals surface area contributed by atoms with E-state index in [2.05, 4.69) is 52.8 Å². The number of nitrogens with zero attached hydrogens (tertiary/aromatic N) is 2. The minimum atomic E-state index is -0.193. The molecule has 2 heterocycles. The molecule has 1 N–H and O–H groups in total. The second kappa shape index (κ2) is 11.3. The summed E-state index contributed by atoms with van der Waals surface area (Å²) < 4.78 is 8.43. The van der Waals surface area contributed by atoms with Gasteiger partial charge in [-0.2, -0.15) is 5.10 Å². The number of ether oxygens (including phenoxy) is 1. The van der Waals surface area contributed by atoms with E-state index >= 15 is 0 Å². The number of aryl methyl sites for hydroxylation is 1. The van der Waals surface area contributed by atoms with Crippen molar-refractivity contribution in [2.45, 2.75) is 17.2 Å². The number of hydrazone groups is 1. The van der Waals surface area contributed by atoms with Gasteiger partial charge in [0.15, 0.2) is 4.34 Å². The molecule has 5 aromatic rings. The Kier molecular flexibility index (Phi) is 7.25. The number of carbonyl (C=O) groups excluding carboxylic acids is 1. The molecule has 1 aliphatic rings. The number of hydrogen-bond acceptors (Lipinski definition) is 6. The van der Waals surface area contributed by atoms with Crippen molar-refractivity contribution in [3.05, 3.63) is 131 Å². The number of aromatic nitrogens is 1. The van der Waals surface area contributed by atoms with Crippen molar-refractivity contribution >= 4 is 51.2 Å². The van der Waals surface area contributed by atoms with Crippen molar-refractivity contribution < 1.29 is 9.53 Å².